The van der Waals surface area contributed by atoms with Crippen molar-refractivity contribution >= 4 is 17.9 Å². The molecule has 0 N–H and O–H groups in total. The molecular weight excluding hydrogens is 925 g/mol. The van der Waals surface area contributed by atoms with E-state index in [2.05, 4.69) is 118 Å². The molecule has 0 aliphatic rings. The lowest BCUT2D eigenvalue weighted by atomic mass is 10.0. The molecule has 6 heteroatoms. The molecule has 0 bridgehead atoms. The Morgan fingerprint density at radius 2 is 0.520 bits per heavy atom. The maximum Gasteiger partial charge on any atom is 0.306 e. The molecule has 0 aromatic rings. The minimum absolute atomic E-state index is 0.0866. The van der Waals surface area contributed by atoms with Crippen molar-refractivity contribution in [2.24, 2.45) is 0 Å². The molecule has 0 aromatic carbocycles. The first kappa shape index (κ1) is 71.3. The molecule has 75 heavy (non-hydrogen) atoms. The van der Waals surface area contributed by atoms with Crippen molar-refractivity contribution < 1.29 is 28.6 Å². The first-order chi connectivity index (χ1) is 37.0. The summed E-state index contributed by atoms with van der Waals surface area (Å²) in [5.74, 6) is -0.913. The largest absolute Gasteiger partial charge is 0.462 e. The van der Waals surface area contributed by atoms with Gasteiger partial charge in [0.2, 0.25) is 0 Å². The van der Waals surface area contributed by atoms with Crippen molar-refractivity contribution in [3.63, 3.8) is 0 Å². The summed E-state index contributed by atoms with van der Waals surface area (Å²) < 4.78 is 16.9. The monoisotopic (exact) mass is 1040 g/mol. The van der Waals surface area contributed by atoms with Crippen LogP contribution < -0.4 is 0 Å². The molecule has 430 valence electrons. The zero-order chi connectivity index (χ0) is 54.3. The van der Waals surface area contributed by atoms with Gasteiger partial charge in [0.15, 0.2) is 6.10 Å². The summed E-state index contributed by atoms with van der Waals surface area (Å²) in [6, 6.07) is 0. The van der Waals surface area contributed by atoms with E-state index in [0.29, 0.717) is 19.3 Å². The van der Waals surface area contributed by atoms with Crippen LogP contribution in [0.4, 0.5) is 0 Å². The molecule has 1 atom stereocenters. The van der Waals surface area contributed by atoms with Gasteiger partial charge < -0.3 is 14.2 Å². The third kappa shape index (κ3) is 61.1. The average molecular weight is 1040 g/mol. The van der Waals surface area contributed by atoms with Gasteiger partial charge in [-0.15, -0.1) is 0 Å². The van der Waals surface area contributed by atoms with Gasteiger partial charge in [0.05, 0.1) is 0 Å². The molecule has 0 spiro atoms. The third-order valence-electron chi connectivity index (χ3n) is 13.6. The fourth-order valence-electron chi connectivity index (χ4n) is 8.83. The quantitative estimate of drug-likeness (QED) is 0.0261. The lowest BCUT2D eigenvalue weighted by molar-refractivity contribution is -0.167. The number of esters is 3. The van der Waals surface area contributed by atoms with Gasteiger partial charge in [-0.2, -0.15) is 0 Å². The summed E-state index contributed by atoms with van der Waals surface area (Å²) in [4.78, 5) is 38.3. The summed E-state index contributed by atoms with van der Waals surface area (Å²) in [7, 11) is 0. The second-order valence-corrected chi connectivity index (χ2v) is 20.9. The van der Waals surface area contributed by atoms with E-state index in [4.69, 9.17) is 14.2 Å². The van der Waals surface area contributed by atoms with Crippen molar-refractivity contribution in [1.82, 2.24) is 0 Å². The predicted octanol–water partition coefficient (Wildman–Crippen LogP) is 21.7. The Bertz CT molecular complexity index is 1480. The van der Waals surface area contributed by atoms with Crippen LogP contribution in [0, 0.1) is 0 Å². The van der Waals surface area contributed by atoms with Crippen molar-refractivity contribution in [2.75, 3.05) is 13.2 Å². The van der Waals surface area contributed by atoms with E-state index < -0.39 is 6.10 Å². The van der Waals surface area contributed by atoms with Crippen LogP contribution in [0.25, 0.3) is 0 Å². The summed E-state index contributed by atoms with van der Waals surface area (Å²) in [6.45, 7) is 6.52. The van der Waals surface area contributed by atoms with E-state index in [1.807, 2.05) is 0 Å². The zero-order valence-electron chi connectivity index (χ0n) is 49.3. The molecule has 0 rings (SSSR count). The van der Waals surface area contributed by atoms with Gasteiger partial charge >= 0.3 is 17.9 Å². The minimum Gasteiger partial charge on any atom is -0.462 e. The van der Waals surface area contributed by atoms with Crippen LogP contribution in [-0.2, 0) is 28.6 Å². The van der Waals surface area contributed by atoms with Crippen LogP contribution in [0.2, 0.25) is 0 Å². The zero-order valence-corrected chi connectivity index (χ0v) is 49.3. The lowest BCUT2D eigenvalue weighted by Gasteiger charge is -2.18. The molecule has 0 aliphatic carbocycles. The Labute approximate surface area is 464 Å². The summed E-state index contributed by atoms with van der Waals surface area (Å²) in [6.07, 6.45) is 84.1. The second-order valence-electron chi connectivity index (χ2n) is 20.9. The molecule has 0 heterocycles. The number of carbonyl (C=O) groups excluding carboxylic acids is 3. The molecular formula is C69H118O6. The SMILES string of the molecule is CC/C=C\C/C=C\C/C=C\C/C=C\C/C=C\C/C=C\C/C=C\CCCCCC(=O)OCC(COC(=O)CCCCCCCCCCCCCCC)OC(=O)CCCCCCCCCCC/C=C\CCCCCCCC. The van der Waals surface area contributed by atoms with Crippen molar-refractivity contribution in [2.45, 2.75) is 309 Å². The molecule has 0 fully saturated rings. The summed E-state index contributed by atoms with van der Waals surface area (Å²) >= 11 is 0. The number of rotatable bonds is 57. The Hall–Kier alpha value is -3.67. The van der Waals surface area contributed by atoms with Crippen LogP contribution in [-0.4, -0.2) is 37.2 Å². The fraction of sp³-hybridized carbons (Fsp3) is 0.725. The second kappa shape index (κ2) is 62.9. The highest BCUT2D eigenvalue weighted by Crippen LogP contribution is 2.16. The fourth-order valence-corrected chi connectivity index (χ4v) is 8.83. The molecule has 1 unspecified atom stereocenters. The standard InChI is InChI=1S/C69H118O6/c1-4-7-10-13-16-19-22-25-27-29-31-32-33-34-35-36-38-39-41-44-47-50-53-56-59-62-68(71)74-65-66(64-73-67(70)61-58-55-52-49-46-43-24-21-18-15-12-9-6-3)75-69(72)63-60-57-54-51-48-45-42-40-37-30-28-26-23-20-17-14-11-8-5-2/h7,10,16,19,25-28,31-32,34-35,38-39,44,47,66H,4-6,8-9,11-15,17-18,20-24,29-30,33,36-37,40-43,45-46,48-65H2,1-3H3/b10-7-,19-16-,27-25-,28-26-,32-31-,35-34-,39-38-,47-44-. The number of carbonyl (C=O) groups is 3. The number of hydrogen-bond acceptors (Lipinski definition) is 6. The van der Waals surface area contributed by atoms with Gasteiger partial charge in [0.25, 0.3) is 0 Å². The lowest BCUT2D eigenvalue weighted by Crippen LogP contribution is -2.30. The molecule has 0 saturated carbocycles. The Morgan fingerprint density at radius 1 is 0.280 bits per heavy atom. The molecule has 0 saturated heterocycles. The van der Waals surface area contributed by atoms with Crippen LogP contribution in [0.3, 0.4) is 0 Å². The van der Waals surface area contributed by atoms with E-state index in [0.717, 1.165) is 109 Å². The number of unbranched alkanes of at least 4 members (excludes halogenated alkanes) is 30. The van der Waals surface area contributed by atoms with Gasteiger partial charge in [-0.3, -0.25) is 14.4 Å². The van der Waals surface area contributed by atoms with Crippen LogP contribution >= 0.6 is 0 Å². The molecule has 0 aliphatic heterocycles. The van der Waals surface area contributed by atoms with Gasteiger partial charge in [-0.1, -0.05) is 279 Å². The number of allylic oxidation sites excluding steroid dienone is 16. The molecule has 0 amide bonds. The first-order valence-electron chi connectivity index (χ1n) is 31.7. The van der Waals surface area contributed by atoms with Crippen LogP contribution in [0.1, 0.15) is 303 Å². The third-order valence-corrected chi connectivity index (χ3v) is 13.6. The maximum absolute atomic E-state index is 12.9. The molecule has 0 radical (unpaired) electrons. The van der Waals surface area contributed by atoms with Gasteiger partial charge in [-0.05, 0) is 103 Å². The molecule has 6 nitrogen and oxygen atoms in total. The van der Waals surface area contributed by atoms with Crippen LogP contribution in [0.15, 0.2) is 97.2 Å². The number of hydrogen-bond donors (Lipinski definition) is 0. The average Bonchev–Trinajstić information content (AvgIpc) is 3.41. The van der Waals surface area contributed by atoms with Gasteiger partial charge in [0.1, 0.15) is 13.2 Å². The minimum atomic E-state index is -0.792. The Balaban J connectivity index is 4.41. The van der Waals surface area contributed by atoms with Crippen molar-refractivity contribution in [3.8, 4) is 0 Å². The number of ether oxygens (including phenoxy) is 3. The summed E-state index contributed by atoms with van der Waals surface area (Å²) in [5.41, 5.74) is 0. The first-order valence-corrected chi connectivity index (χ1v) is 31.7. The van der Waals surface area contributed by atoms with Gasteiger partial charge in [-0.25, -0.2) is 0 Å². The topological polar surface area (TPSA) is 78.9 Å². The summed E-state index contributed by atoms with van der Waals surface area (Å²) in [5, 5.41) is 0. The van der Waals surface area contributed by atoms with E-state index in [-0.39, 0.29) is 31.1 Å². The van der Waals surface area contributed by atoms with E-state index >= 15 is 0 Å². The van der Waals surface area contributed by atoms with Crippen molar-refractivity contribution in [3.05, 3.63) is 97.2 Å². The maximum atomic E-state index is 12.9. The highest BCUT2D eigenvalue weighted by Gasteiger charge is 2.19. The highest BCUT2D eigenvalue weighted by molar-refractivity contribution is 5.71. The van der Waals surface area contributed by atoms with Crippen molar-refractivity contribution in [1.29, 1.82) is 0 Å². The van der Waals surface area contributed by atoms with E-state index in [1.54, 1.807) is 0 Å². The normalized spacial score (nSPS) is 12.7. The molecule has 0 aromatic heterocycles. The van der Waals surface area contributed by atoms with Crippen LogP contribution in [0.5, 0.6) is 0 Å². The Kier molecular flexibility index (Phi) is 59.8. The predicted molar refractivity (Wildman–Crippen MR) is 325 cm³/mol. The van der Waals surface area contributed by atoms with E-state index in [9.17, 15) is 14.4 Å². The van der Waals surface area contributed by atoms with Gasteiger partial charge in [0, 0.05) is 19.3 Å². The smallest absolute Gasteiger partial charge is 0.306 e. The highest BCUT2D eigenvalue weighted by atomic mass is 16.6. The Morgan fingerprint density at radius 3 is 0.840 bits per heavy atom. The van der Waals surface area contributed by atoms with E-state index in [1.165, 1.54) is 154 Å².